The lowest BCUT2D eigenvalue weighted by molar-refractivity contribution is 0.0597. The number of halogens is 1. The van der Waals surface area contributed by atoms with Crippen molar-refractivity contribution in [3.63, 3.8) is 0 Å². The van der Waals surface area contributed by atoms with Crippen LogP contribution in [0.3, 0.4) is 0 Å². The molecular formula is C17H15FN2O3. The van der Waals surface area contributed by atoms with E-state index in [9.17, 15) is 9.18 Å². The molecule has 0 aliphatic rings. The van der Waals surface area contributed by atoms with Crippen LogP contribution in [0, 0.1) is 17.1 Å². The van der Waals surface area contributed by atoms with Crippen molar-refractivity contribution < 1.29 is 18.7 Å². The second-order valence-corrected chi connectivity index (χ2v) is 4.65. The highest BCUT2D eigenvalue weighted by atomic mass is 19.1. The fourth-order valence-electron chi connectivity index (χ4n) is 2.12. The number of nitriles is 1. The van der Waals surface area contributed by atoms with Crippen molar-refractivity contribution in [3.05, 3.63) is 58.9 Å². The van der Waals surface area contributed by atoms with E-state index in [0.717, 1.165) is 5.56 Å². The van der Waals surface area contributed by atoms with Crippen LogP contribution in [0.25, 0.3) is 0 Å². The highest BCUT2D eigenvalue weighted by Crippen LogP contribution is 2.23. The number of methoxy groups -OCH3 is 2. The maximum absolute atomic E-state index is 13.6. The first-order valence-electron chi connectivity index (χ1n) is 6.78. The summed E-state index contributed by atoms with van der Waals surface area (Å²) in [6.07, 6.45) is 0. The average molecular weight is 314 g/mol. The zero-order valence-electron chi connectivity index (χ0n) is 12.7. The van der Waals surface area contributed by atoms with Crippen LogP contribution in [0.1, 0.15) is 21.5 Å². The average Bonchev–Trinajstić information content (AvgIpc) is 2.59. The Kier molecular flexibility index (Phi) is 5.15. The van der Waals surface area contributed by atoms with E-state index >= 15 is 0 Å². The lowest BCUT2D eigenvalue weighted by atomic mass is 10.1. The Balaban J connectivity index is 2.24. The van der Waals surface area contributed by atoms with Gasteiger partial charge >= 0.3 is 5.97 Å². The summed E-state index contributed by atoms with van der Waals surface area (Å²) in [7, 11) is 2.75. The number of ether oxygens (including phenoxy) is 2. The number of hydrogen-bond acceptors (Lipinski definition) is 5. The van der Waals surface area contributed by atoms with Crippen molar-refractivity contribution in [2.24, 2.45) is 0 Å². The van der Waals surface area contributed by atoms with Gasteiger partial charge in [0.2, 0.25) is 0 Å². The van der Waals surface area contributed by atoms with E-state index in [1.807, 2.05) is 6.07 Å². The van der Waals surface area contributed by atoms with Gasteiger partial charge in [-0.1, -0.05) is 12.1 Å². The second kappa shape index (κ2) is 7.27. The summed E-state index contributed by atoms with van der Waals surface area (Å²) in [4.78, 5) is 11.7. The Bertz CT molecular complexity index is 769. The zero-order chi connectivity index (χ0) is 16.8. The number of benzene rings is 2. The topological polar surface area (TPSA) is 71.3 Å². The molecule has 2 aromatic rings. The summed E-state index contributed by atoms with van der Waals surface area (Å²) >= 11 is 0. The standard InChI is InChI=1S/C17H15FN2O3/c1-22-16-7-6-11(8-12(16)17(21)23-2)10-20-15-5-3-4-14(18)13(15)9-19/h3-8,20H,10H2,1-2H3. The van der Waals surface area contributed by atoms with Gasteiger partial charge in [0, 0.05) is 6.54 Å². The Labute approximate surface area is 133 Å². The summed E-state index contributed by atoms with van der Waals surface area (Å²) in [6.45, 7) is 0.312. The molecule has 6 heteroatoms. The molecule has 1 N–H and O–H groups in total. The summed E-state index contributed by atoms with van der Waals surface area (Å²) in [5.74, 6) is -0.682. The van der Waals surface area contributed by atoms with Gasteiger partial charge in [-0.25, -0.2) is 9.18 Å². The minimum absolute atomic E-state index is 0.0470. The van der Waals surface area contributed by atoms with E-state index in [1.54, 1.807) is 24.3 Å². The lowest BCUT2D eigenvalue weighted by Crippen LogP contribution is -2.07. The molecule has 0 aliphatic heterocycles. The van der Waals surface area contributed by atoms with Gasteiger partial charge in [0.1, 0.15) is 28.8 Å². The van der Waals surface area contributed by atoms with Gasteiger partial charge in [-0.3, -0.25) is 0 Å². The van der Waals surface area contributed by atoms with Crippen molar-refractivity contribution in [3.8, 4) is 11.8 Å². The number of carbonyl (C=O) groups is 1. The first-order chi connectivity index (χ1) is 11.1. The highest BCUT2D eigenvalue weighted by molar-refractivity contribution is 5.92. The predicted molar refractivity (Wildman–Crippen MR) is 82.8 cm³/mol. The quantitative estimate of drug-likeness (QED) is 0.859. The molecule has 0 fully saturated rings. The Morgan fingerprint density at radius 2 is 2.09 bits per heavy atom. The lowest BCUT2D eigenvalue weighted by Gasteiger charge is -2.11. The van der Waals surface area contributed by atoms with Crippen LogP contribution in [0.2, 0.25) is 0 Å². The van der Waals surface area contributed by atoms with E-state index in [1.165, 1.54) is 26.4 Å². The fraction of sp³-hybridized carbons (Fsp3) is 0.176. The molecule has 0 amide bonds. The Hall–Kier alpha value is -3.07. The maximum Gasteiger partial charge on any atom is 0.341 e. The predicted octanol–water partition coefficient (Wildman–Crippen LogP) is 3.10. The van der Waals surface area contributed by atoms with Crippen molar-refractivity contribution in [2.75, 3.05) is 19.5 Å². The van der Waals surface area contributed by atoms with Gasteiger partial charge in [-0.15, -0.1) is 0 Å². The zero-order valence-corrected chi connectivity index (χ0v) is 12.7. The molecule has 0 aliphatic carbocycles. The summed E-state index contributed by atoms with van der Waals surface area (Å²) in [5, 5.41) is 12.0. The summed E-state index contributed by atoms with van der Waals surface area (Å²) in [6, 6.07) is 11.2. The van der Waals surface area contributed by atoms with Crippen LogP contribution in [0.4, 0.5) is 10.1 Å². The molecular weight excluding hydrogens is 299 g/mol. The van der Waals surface area contributed by atoms with Crippen LogP contribution < -0.4 is 10.1 Å². The van der Waals surface area contributed by atoms with Crippen molar-refractivity contribution in [1.29, 1.82) is 5.26 Å². The Morgan fingerprint density at radius 1 is 1.30 bits per heavy atom. The van der Waals surface area contributed by atoms with E-state index in [-0.39, 0.29) is 5.56 Å². The molecule has 0 saturated heterocycles. The molecule has 0 bridgehead atoms. The van der Waals surface area contributed by atoms with Crippen LogP contribution >= 0.6 is 0 Å². The number of nitrogens with one attached hydrogen (secondary N) is 1. The van der Waals surface area contributed by atoms with Crippen LogP contribution in [0.15, 0.2) is 36.4 Å². The number of esters is 1. The normalized spacial score (nSPS) is 9.83. The van der Waals surface area contributed by atoms with Crippen LogP contribution in [-0.2, 0) is 11.3 Å². The first-order valence-corrected chi connectivity index (χ1v) is 6.78. The van der Waals surface area contributed by atoms with Crippen LogP contribution in [-0.4, -0.2) is 20.2 Å². The van der Waals surface area contributed by atoms with E-state index < -0.39 is 11.8 Å². The van der Waals surface area contributed by atoms with E-state index in [2.05, 4.69) is 5.32 Å². The maximum atomic E-state index is 13.6. The Morgan fingerprint density at radius 3 is 2.74 bits per heavy atom. The molecule has 0 radical (unpaired) electrons. The third kappa shape index (κ3) is 3.58. The van der Waals surface area contributed by atoms with Crippen molar-refractivity contribution in [1.82, 2.24) is 0 Å². The fourth-order valence-corrected chi connectivity index (χ4v) is 2.12. The number of nitrogens with zero attached hydrogens (tertiary/aromatic N) is 1. The molecule has 0 aromatic heterocycles. The van der Waals surface area contributed by atoms with Crippen molar-refractivity contribution in [2.45, 2.75) is 6.54 Å². The molecule has 0 atom stereocenters. The van der Waals surface area contributed by atoms with Crippen LogP contribution in [0.5, 0.6) is 5.75 Å². The molecule has 23 heavy (non-hydrogen) atoms. The molecule has 2 rings (SSSR count). The van der Waals surface area contributed by atoms with Gasteiger partial charge < -0.3 is 14.8 Å². The van der Waals surface area contributed by atoms with Gasteiger partial charge in [0.25, 0.3) is 0 Å². The van der Waals surface area contributed by atoms with E-state index in [4.69, 9.17) is 14.7 Å². The molecule has 5 nitrogen and oxygen atoms in total. The second-order valence-electron chi connectivity index (χ2n) is 4.65. The third-order valence-corrected chi connectivity index (χ3v) is 3.28. The molecule has 0 saturated carbocycles. The van der Waals surface area contributed by atoms with E-state index in [0.29, 0.717) is 23.5 Å². The van der Waals surface area contributed by atoms with Crippen molar-refractivity contribution >= 4 is 11.7 Å². The summed E-state index contributed by atoms with van der Waals surface area (Å²) < 4.78 is 23.4. The summed E-state index contributed by atoms with van der Waals surface area (Å²) in [5.41, 5.74) is 1.41. The van der Waals surface area contributed by atoms with Gasteiger partial charge in [0.05, 0.1) is 19.9 Å². The van der Waals surface area contributed by atoms with Gasteiger partial charge in [-0.2, -0.15) is 5.26 Å². The smallest absolute Gasteiger partial charge is 0.341 e. The molecule has 0 spiro atoms. The number of carbonyl (C=O) groups excluding carboxylic acids is 1. The highest BCUT2D eigenvalue weighted by Gasteiger charge is 2.14. The first kappa shape index (κ1) is 16.3. The molecule has 0 heterocycles. The largest absolute Gasteiger partial charge is 0.496 e. The van der Waals surface area contributed by atoms with Gasteiger partial charge in [-0.05, 0) is 29.8 Å². The molecule has 0 unspecified atom stereocenters. The minimum Gasteiger partial charge on any atom is -0.496 e. The molecule has 2 aromatic carbocycles. The minimum atomic E-state index is -0.581. The van der Waals surface area contributed by atoms with Gasteiger partial charge in [0.15, 0.2) is 0 Å². The third-order valence-electron chi connectivity index (χ3n) is 3.28. The molecule has 118 valence electrons. The number of hydrogen-bond donors (Lipinski definition) is 1. The SMILES string of the molecule is COC(=O)c1cc(CNc2cccc(F)c2C#N)ccc1OC. The number of rotatable bonds is 5. The monoisotopic (exact) mass is 314 g/mol. The number of anilines is 1.